The number of rotatable bonds is 8. The number of methoxy groups -OCH3 is 1. The zero-order valence-electron chi connectivity index (χ0n) is 22.5. The molecular weight excluding hydrogens is 498 g/mol. The van der Waals surface area contributed by atoms with Gasteiger partial charge >= 0.3 is 5.97 Å². The van der Waals surface area contributed by atoms with Gasteiger partial charge in [-0.1, -0.05) is 61.3 Å². The van der Waals surface area contributed by atoms with Crippen molar-refractivity contribution in [3.8, 4) is 5.88 Å². The van der Waals surface area contributed by atoms with Crippen molar-refractivity contribution in [1.29, 1.82) is 0 Å². The molecule has 0 radical (unpaired) electrons. The molecule has 0 saturated heterocycles. The van der Waals surface area contributed by atoms with Crippen molar-refractivity contribution in [2.45, 2.75) is 57.7 Å². The van der Waals surface area contributed by atoms with Crippen molar-refractivity contribution in [1.82, 2.24) is 4.98 Å². The third-order valence-electron chi connectivity index (χ3n) is 6.64. The third kappa shape index (κ3) is 5.69. The molecule has 0 aliphatic rings. The molecule has 0 aliphatic carbocycles. The van der Waals surface area contributed by atoms with Gasteiger partial charge in [0, 0.05) is 22.4 Å². The summed E-state index contributed by atoms with van der Waals surface area (Å²) in [7, 11) is 1.58. The lowest BCUT2D eigenvalue weighted by Crippen LogP contribution is -2.35. The highest BCUT2D eigenvalue weighted by Crippen LogP contribution is 2.47. The number of fused-ring (bicyclic) bond motifs is 1. The first-order valence-electron chi connectivity index (χ1n) is 12.8. The Morgan fingerprint density at radius 2 is 1.66 bits per heavy atom. The monoisotopic (exact) mass is 531 g/mol. The predicted molar refractivity (Wildman–Crippen MR) is 152 cm³/mol. The normalized spacial score (nSPS) is 14.1. The third-order valence-corrected chi connectivity index (χ3v) is 6.89. The molecule has 1 aromatic heterocycles. The number of nitrogens with zero attached hydrogens (tertiary/aromatic N) is 1. The molecule has 3 aromatic carbocycles. The summed E-state index contributed by atoms with van der Waals surface area (Å²) in [5.41, 5.74) is 1.57. The predicted octanol–water partition coefficient (Wildman–Crippen LogP) is 7.67. The number of hydrogen-bond acceptors (Lipinski definition) is 5. The molecule has 6 heteroatoms. The van der Waals surface area contributed by atoms with Gasteiger partial charge in [-0.15, -0.1) is 0 Å². The summed E-state index contributed by atoms with van der Waals surface area (Å²) < 4.78 is 10.9. The van der Waals surface area contributed by atoms with Gasteiger partial charge in [0.25, 0.3) is 0 Å². The van der Waals surface area contributed by atoms with E-state index < -0.39 is 11.2 Å². The molecule has 0 amide bonds. The average Bonchev–Trinajstić information content (AvgIpc) is 2.90. The van der Waals surface area contributed by atoms with Crippen LogP contribution in [0.2, 0.25) is 5.02 Å². The quantitative estimate of drug-likeness (QED) is 0.236. The fourth-order valence-corrected chi connectivity index (χ4v) is 5.05. The Kier molecular flexibility index (Phi) is 8.10. The maximum absolute atomic E-state index is 12.9. The van der Waals surface area contributed by atoms with Crippen LogP contribution in [0.15, 0.2) is 78.9 Å². The number of aliphatic hydroxyl groups is 1. The largest absolute Gasteiger partial charge is 0.481 e. The van der Waals surface area contributed by atoms with E-state index in [0.717, 1.165) is 34.0 Å². The van der Waals surface area contributed by atoms with Crippen LogP contribution in [0.25, 0.3) is 10.9 Å². The zero-order chi connectivity index (χ0) is 27.5. The second-order valence-corrected chi connectivity index (χ2v) is 10.9. The minimum Gasteiger partial charge on any atom is -0.481 e. The van der Waals surface area contributed by atoms with E-state index in [-0.39, 0.29) is 11.9 Å². The van der Waals surface area contributed by atoms with E-state index in [2.05, 4.69) is 11.9 Å². The Bertz CT molecular complexity index is 1410. The first kappa shape index (κ1) is 27.6. The molecule has 5 nitrogen and oxygen atoms in total. The fraction of sp³-hybridized carbons (Fsp3) is 0.312. The van der Waals surface area contributed by atoms with Crippen molar-refractivity contribution in [3.63, 3.8) is 0 Å². The molecule has 1 heterocycles. The van der Waals surface area contributed by atoms with Crippen molar-refractivity contribution in [2.24, 2.45) is 0 Å². The molecule has 0 spiro atoms. The van der Waals surface area contributed by atoms with Gasteiger partial charge in [-0.2, -0.15) is 0 Å². The van der Waals surface area contributed by atoms with Gasteiger partial charge in [0.05, 0.1) is 18.2 Å². The zero-order valence-corrected chi connectivity index (χ0v) is 23.3. The molecule has 198 valence electrons. The van der Waals surface area contributed by atoms with Crippen molar-refractivity contribution in [3.05, 3.63) is 106 Å². The topological polar surface area (TPSA) is 68.7 Å². The molecule has 0 aliphatic heterocycles. The number of aromatic nitrogens is 1. The smallest absolute Gasteiger partial charge is 0.338 e. The number of esters is 1. The minimum absolute atomic E-state index is 0.325. The SMILES string of the molecule is CCCC(c1ccc(C(=O)OC(C)(C)C)cc1)C(O)(c1ccc(Cl)cc1)c1cccc2nc(OC)ccc12. The highest BCUT2D eigenvalue weighted by Gasteiger charge is 2.42. The number of pyridine rings is 1. The van der Waals surface area contributed by atoms with Gasteiger partial charge in [0.15, 0.2) is 0 Å². The number of hydrogen-bond donors (Lipinski definition) is 1. The van der Waals surface area contributed by atoms with E-state index >= 15 is 0 Å². The Morgan fingerprint density at radius 3 is 2.26 bits per heavy atom. The fourth-order valence-electron chi connectivity index (χ4n) is 4.92. The van der Waals surface area contributed by atoms with E-state index in [0.29, 0.717) is 22.9 Å². The van der Waals surface area contributed by atoms with Gasteiger partial charge in [-0.25, -0.2) is 9.78 Å². The summed E-state index contributed by atoms with van der Waals surface area (Å²) >= 11 is 6.24. The molecule has 4 rings (SSSR count). The van der Waals surface area contributed by atoms with Crippen molar-refractivity contribution in [2.75, 3.05) is 7.11 Å². The summed E-state index contributed by atoms with van der Waals surface area (Å²) in [4.78, 5) is 17.2. The number of halogens is 1. The Hall–Kier alpha value is -3.41. The molecule has 2 atom stereocenters. The average molecular weight is 532 g/mol. The van der Waals surface area contributed by atoms with E-state index in [1.807, 2.05) is 69.3 Å². The van der Waals surface area contributed by atoms with Gasteiger partial charge in [-0.3, -0.25) is 0 Å². The highest BCUT2D eigenvalue weighted by atomic mass is 35.5. The molecular formula is C32H34ClNO4. The lowest BCUT2D eigenvalue weighted by Gasteiger charge is -2.38. The van der Waals surface area contributed by atoms with E-state index in [1.165, 1.54) is 0 Å². The Balaban J connectivity index is 1.89. The maximum Gasteiger partial charge on any atom is 0.338 e. The number of carbonyl (C=O) groups excluding carboxylic acids is 1. The lowest BCUT2D eigenvalue weighted by atomic mass is 9.70. The van der Waals surface area contributed by atoms with Crippen molar-refractivity contribution < 1.29 is 19.4 Å². The number of ether oxygens (including phenoxy) is 2. The van der Waals surface area contributed by atoms with E-state index in [1.54, 1.807) is 37.4 Å². The van der Waals surface area contributed by atoms with Crippen LogP contribution in [0.3, 0.4) is 0 Å². The van der Waals surface area contributed by atoms with Gasteiger partial charge in [0.2, 0.25) is 5.88 Å². The standard InChI is InChI=1S/C32H34ClNO4/c1-6-8-26(21-11-13-22(14-12-21)30(35)38-31(2,3)4)32(36,23-15-17-24(33)18-16-23)27-9-7-10-28-25(27)19-20-29(34-28)37-5/h7,9-20,26,36H,6,8H2,1-5H3. The lowest BCUT2D eigenvalue weighted by molar-refractivity contribution is 0.00695. The van der Waals surface area contributed by atoms with Crippen LogP contribution in [0.1, 0.15) is 73.5 Å². The molecule has 0 bridgehead atoms. The molecule has 0 saturated carbocycles. The first-order valence-corrected chi connectivity index (χ1v) is 13.2. The first-order chi connectivity index (χ1) is 18.1. The summed E-state index contributed by atoms with van der Waals surface area (Å²) in [6, 6.07) is 24.2. The van der Waals surface area contributed by atoms with Crippen LogP contribution in [0, 0.1) is 0 Å². The Labute approximate surface area is 229 Å². The number of benzene rings is 3. The molecule has 38 heavy (non-hydrogen) atoms. The van der Waals surface area contributed by atoms with Crippen LogP contribution in [0.4, 0.5) is 0 Å². The van der Waals surface area contributed by atoms with Crippen LogP contribution < -0.4 is 4.74 Å². The van der Waals surface area contributed by atoms with Gasteiger partial charge in [-0.05, 0) is 80.3 Å². The second-order valence-electron chi connectivity index (χ2n) is 10.5. The molecule has 2 unspecified atom stereocenters. The summed E-state index contributed by atoms with van der Waals surface area (Å²) in [5.74, 6) is -0.195. The molecule has 1 N–H and O–H groups in total. The van der Waals surface area contributed by atoms with E-state index in [4.69, 9.17) is 21.1 Å². The summed E-state index contributed by atoms with van der Waals surface area (Å²) in [5, 5.41) is 14.3. The highest BCUT2D eigenvalue weighted by molar-refractivity contribution is 6.30. The summed E-state index contributed by atoms with van der Waals surface area (Å²) in [6.07, 6.45) is 1.54. The van der Waals surface area contributed by atoms with Gasteiger partial charge in [0.1, 0.15) is 11.2 Å². The van der Waals surface area contributed by atoms with Gasteiger partial charge < -0.3 is 14.6 Å². The van der Waals surface area contributed by atoms with Crippen LogP contribution >= 0.6 is 11.6 Å². The summed E-state index contributed by atoms with van der Waals surface area (Å²) in [6.45, 7) is 7.63. The Morgan fingerprint density at radius 1 is 0.974 bits per heavy atom. The number of carbonyl (C=O) groups is 1. The van der Waals surface area contributed by atoms with E-state index in [9.17, 15) is 9.90 Å². The van der Waals surface area contributed by atoms with Crippen LogP contribution in [-0.2, 0) is 10.3 Å². The molecule has 4 aromatic rings. The second kappa shape index (κ2) is 11.1. The minimum atomic E-state index is -1.41. The van der Waals surface area contributed by atoms with Crippen LogP contribution in [0.5, 0.6) is 5.88 Å². The van der Waals surface area contributed by atoms with Crippen LogP contribution in [-0.4, -0.2) is 28.8 Å². The van der Waals surface area contributed by atoms with Crippen molar-refractivity contribution >= 4 is 28.5 Å². The maximum atomic E-state index is 12.9. The molecule has 0 fully saturated rings.